The normalized spacial score (nSPS) is 40.5. The Bertz CT molecular complexity index is 1290. The SMILES string of the molecule is CCC(=O)O[C@@]12CO[C@@H]1C[C@H](OC)[C@@]1(C)C(=O)[C@H](OC)C3=C(C)[C@@H](O)CC(O)([C@@H](OC(=O)c4ccccc4)[C@H]21)C3(C)C. The Labute approximate surface area is 246 Å². The van der Waals surface area contributed by atoms with Gasteiger partial charge in [-0.3, -0.25) is 9.59 Å². The number of benzene rings is 1. The van der Waals surface area contributed by atoms with Crippen LogP contribution in [0.1, 0.15) is 64.2 Å². The summed E-state index contributed by atoms with van der Waals surface area (Å²) in [6.45, 7) is 8.56. The third kappa shape index (κ3) is 4.06. The molecule has 230 valence electrons. The molecule has 5 rings (SSSR count). The van der Waals surface area contributed by atoms with Gasteiger partial charge in [-0.1, -0.05) is 39.0 Å². The number of aliphatic hydroxyl groups excluding tert-OH is 1. The molecule has 0 amide bonds. The fourth-order valence-corrected chi connectivity index (χ4v) is 8.19. The molecular weight excluding hydrogens is 544 g/mol. The molecule has 1 saturated heterocycles. The fraction of sp³-hybridized carbons (Fsp3) is 0.656. The Morgan fingerprint density at radius 2 is 1.76 bits per heavy atom. The van der Waals surface area contributed by atoms with Crippen LogP contribution in [0.5, 0.6) is 0 Å². The van der Waals surface area contributed by atoms with E-state index in [-0.39, 0.29) is 37.2 Å². The molecule has 0 radical (unpaired) electrons. The minimum Gasteiger partial charge on any atom is -0.455 e. The summed E-state index contributed by atoms with van der Waals surface area (Å²) in [5, 5.41) is 24.3. The van der Waals surface area contributed by atoms with Crippen LogP contribution in [0.4, 0.5) is 0 Å². The summed E-state index contributed by atoms with van der Waals surface area (Å²) in [6.07, 6.45) is -5.09. The lowest BCUT2D eigenvalue weighted by molar-refractivity contribution is -0.347. The molecular formula is C32H42O10. The fourth-order valence-electron chi connectivity index (χ4n) is 8.19. The second-order valence-corrected chi connectivity index (χ2v) is 12.8. The number of hydrogen-bond donors (Lipinski definition) is 2. The molecule has 4 aliphatic rings. The summed E-state index contributed by atoms with van der Waals surface area (Å²) in [4.78, 5) is 41.7. The molecule has 9 atom stereocenters. The van der Waals surface area contributed by atoms with E-state index in [2.05, 4.69) is 0 Å². The van der Waals surface area contributed by atoms with Crippen molar-refractivity contribution in [2.75, 3.05) is 20.8 Å². The van der Waals surface area contributed by atoms with Crippen molar-refractivity contribution in [3.05, 3.63) is 47.0 Å². The second-order valence-electron chi connectivity index (χ2n) is 12.8. The van der Waals surface area contributed by atoms with E-state index in [1.807, 2.05) is 0 Å². The average Bonchev–Trinajstić information content (AvgIpc) is 2.95. The van der Waals surface area contributed by atoms with Crippen LogP contribution in [0.15, 0.2) is 41.5 Å². The van der Waals surface area contributed by atoms with Gasteiger partial charge in [-0.15, -0.1) is 0 Å². The maximum absolute atomic E-state index is 15.0. The molecule has 1 aliphatic heterocycles. The number of rotatable bonds is 6. The van der Waals surface area contributed by atoms with E-state index in [4.69, 9.17) is 23.7 Å². The summed E-state index contributed by atoms with van der Waals surface area (Å²) >= 11 is 0. The quantitative estimate of drug-likeness (QED) is 0.378. The molecule has 10 nitrogen and oxygen atoms in total. The summed E-state index contributed by atoms with van der Waals surface area (Å²) in [7, 11) is 2.90. The maximum Gasteiger partial charge on any atom is 0.338 e. The van der Waals surface area contributed by atoms with Crippen LogP contribution in [0.25, 0.3) is 0 Å². The number of ketones is 1. The number of carbonyl (C=O) groups excluding carboxylic acids is 3. The summed E-state index contributed by atoms with van der Waals surface area (Å²) in [6, 6.07) is 8.35. The predicted octanol–water partition coefficient (Wildman–Crippen LogP) is 2.78. The Morgan fingerprint density at radius 1 is 1.10 bits per heavy atom. The van der Waals surface area contributed by atoms with Gasteiger partial charge in [-0.2, -0.15) is 0 Å². The number of carbonyl (C=O) groups is 3. The highest BCUT2D eigenvalue weighted by molar-refractivity contribution is 5.94. The Hall–Kier alpha value is -2.63. The largest absolute Gasteiger partial charge is 0.455 e. The third-order valence-corrected chi connectivity index (χ3v) is 10.7. The molecule has 1 unspecified atom stereocenters. The lowest BCUT2D eigenvalue weighted by Crippen LogP contribution is -2.82. The van der Waals surface area contributed by atoms with Gasteiger partial charge in [0.2, 0.25) is 0 Å². The van der Waals surface area contributed by atoms with E-state index in [1.54, 1.807) is 65.0 Å². The van der Waals surface area contributed by atoms with Gasteiger partial charge in [0, 0.05) is 38.9 Å². The molecule has 2 bridgehead atoms. The Kier molecular flexibility index (Phi) is 7.72. The van der Waals surface area contributed by atoms with Gasteiger partial charge < -0.3 is 33.9 Å². The number of Topliss-reactive ketones (excluding diaryl/α,β-unsaturated/α-hetero) is 1. The molecule has 2 saturated carbocycles. The van der Waals surface area contributed by atoms with E-state index in [0.717, 1.165) is 0 Å². The van der Waals surface area contributed by atoms with Crippen molar-refractivity contribution < 1.29 is 48.3 Å². The van der Waals surface area contributed by atoms with Gasteiger partial charge in [-0.05, 0) is 37.1 Å². The molecule has 1 heterocycles. The van der Waals surface area contributed by atoms with Crippen molar-refractivity contribution in [3.8, 4) is 0 Å². The van der Waals surface area contributed by atoms with Crippen molar-refractivity contribution in [3.63, 3.8) is 0 Å². The minimum atomic E-state index is -1.93. The molecule has 1 aromatic carbocycles. The third-order valence-electron chi connectivity index (χ3n) is 10.7. The first-order chi connectivity index (χ1) is 19.7. The smallest absolute Gasteiger partial charge is 0.338 e. The number of aliphatic hydroxyl groups is 2. The van der Waals surface area contributed by atoms with E-state index >= 15 is 0 Å². The first kappa shape index (κ1) is 30.8. The van der Waals surface area contributed by atoms with E-state index in [0.29, 0.717) is 11.1 Å². The zero-order valence-electron chi connectivity index (χ0n) is 25.3. The number of ether oxygens (including phenoxy) is 5. The van der Waals surface area contributed by atoms with Crippen molar-refractivity contribution >= 4 is 17.7 Å². The molecule has 1 aromatic rings. The standard InChI is InChI=1S/C32H42O10/c1-8-22(34)42-31-16-40-21(31)14-20(38-6)30(5)25(31)27(41-28(36)18-12-10-9-11-13-18)32(37)15-19(33)17(2)23(29(32,3)4)24(39-7)26(30)35/h9-13,19-21,24-25,27,33,37H,8,14-16H2,1-7H3/t19-,20-,21+,24+,25-,27-,30+,31-,32?/m0/s1. The van der Waals surface area contributed by atoms with Gasteiger partial charge in [0.1, 0.15) is 23.9 Å². The zero-order valence-corrected chi connectivity index (χ0v) is 25.3. The van der Waals surface area contributed by atoms with Crippen LogP contribution in [0, 0.1) is 16.7 Å². The number of methoxy groups -OCH3 is 2. The summed E-state index contributed by atoms with van der Waals surface area (Å²) in [5.74, 6) is -2.73. The highest BCUT2D eigenvalue weighted by Gasteiger charge is 2.78. The van der Waals surface area contributed by atoms with Crippen LogP contribution < -0.4 is 0 Å². The van der Waals surface area contributed by atoms with Gasteiger partial charge in [0.05, 0.1) is 35.7 Å². The molecule has 42 heavy (non-hydrogen) atoms. The molecule has 3 fully saturated rings. The van der Waals surface area contributed by atoms with Crippen LogP contribution in [0.3, 0.4) is 0 Å². The first-order valence-electron chi connectivity index (χ1n) is 14.6. The topological polar surface area (TPSA) is 138 Å². The summed E-state index contributed by atoms with van der Waals surface area (Å²) < 4.78 is 30.4. The van der Waals surface area contributed by atoms with Crippen molar-refractivity contribution in [2.45, 2.75) is 95.6 Å². The van der Waals surface area contributed by atoms with Gasteiger partial charge in [0.15, 0.2) is 11.4 Å². The van der Waals surface area contributed by atoms with Gasteiger partial charge in [0.25, 0.3) is 0 Å². The zero-order chi connectivity index (χ0) is 30.8. The highest BCUT2D eigenvalue weighted by atomic mass is 16.6. The van der Waals surface area contributed by atoms with Gasteiger partial charge in [-0.25, -0.2) is 4.79 Å². The molecule has 0 spiro atoms. The van der Waals surface area contributed by atoms with Crippen molar-refractivity contribution in [2.24, 2.45) is 16.7 Å². The van der Waals surface area contributed by atoms with Crippen LogP contribution in [-0.2, 0) is 33.3 Å². The van der Waals surface area contributed by atoms with Crippen LogP contribution in [-0.4, -0.2) is 90.5 Å². The van der Waals surface area contributed by atoms with E-state index in [1.165, 1.54) is 14.2 Å². The van der Waals surface area contributed by atoms with E-state index < -0.39 is 70.4 Å². The first-order valence-corrected chi connectivity index (χ1v) is 14.6. The monoisotopic (exact) mass is 586 g/mol. The number of fused-ring (bicyclic) bond motifs is 5. The van der Waals surface area contributed by atoms with Gasteiger partial charge >= 0.3 is 11.9 Å². The average molecular weight is 587 g/mol. The second kappa shape index (κ2) is 10.5. The highest BCUT2D eigenvalue weighted by Crippen LogP contribution is 2.64. The maximum atomic E-state index is 15.0. The van der Waals surface area contributed by atoms with Crippen molar-refractivity contribution in [1.82, 2.24) is 0 Å². The minimum absolute atomic E-state index is 0.0643. The molecule has 2 N–H and O–H groups in total. The lowest BCUT2D eigenvalue weighted by Gasteiger charge is -2.67. The lowest BCUT2D eigenvalue weighted by atomic mass is 9.44. The Balaban J connectivity index is 1.84. The molecule has 10 heteroatoms. The van der Waals surface area contributed by atoms with Crippen LogP contribution >= 0.6 is 0 Å². The Morgan fingerprint density at radius 3 is 2.31 bits per heavy atom. The summed E-state index contributed by atoms with van der Waals surface area (Å²) in [5.41, 5.74) is -4.88. The molecule has 0 aromatic heterocycles. The van der Waals surface area contributed by atoms with E-state index in [9.17, 15) is 24.6 Å². The number of esters is 2. The van der Waals surface area contributed by atoms with Crippen LogP contribution in [0.2, 0.25) is 0 Å². The molecule has 3 aliphatic carbocycles. The van der Waals surface area contributed by atoms with Crippen molar-refractivity contribution in [1.29, 1.82) is 0 Å². The predicted molar refractivity (Wildman–Crippen MR) is 149 cm³/mol. The number of hydrogen-bond acceptors (Lipinski definition) is 10.